The SMILES string of the molecule is CCOC(=O)c1cc(SC(C)(C)C)ccc1N. The molecule has 0 aliphatic heterocycles. The van der Waals surface area contributed by atoms with E-state index in [1.165, 1.54) is 0 Å². The molecule has 0 unspecified atom stereocenters. The lowest BCUT2D eigenvalue weighted by Gasteiger charge is -2.18. The molecule has 1 rings (SSSR count). The Morgan fingerprint density at radius 3 is 2.59 bits per heavy atom. The highest BCUT2D eigenvalue weighted by molar-refractivity contribution is 8.00. The summed E-state index contributed by atoms with van der Waals surface area (Å²) < 4.78 is 5.06. The maximum Gasteiger partial charge on any atom is 0.340 e. The van der Waals surface area contributed by atoms with Crippen LogP contribution in [0.5, 0.6) is 0 Å². The Labute approximate surface area is 107 Å². The molecule has 0 heterocycles. The van der Waals surface area contributed by atoms with Crippen LogP contribution in [0.1, 0.15) is 38.1 Å². The summed E-state index contributed by atoms with van der Waals surface area (Å²) in [5.41, 5.74) is 6.68. The minimum atomic E-state index is -0.360. The van der Waals surface area contributed by atoms with Crippen LogP contribution in [0, 0.1) is 0 Å². The number of hydrogen-bond acceptors (Lipinski definition) is 4. The summed E-state index contributed by atoms with van der Waals surface area (Å²) >= 11 is 1.70. The highest BCUT2D eigenvalue weighted by Gasteiger charge is 2.16. The summed E-state index contributed by atoms with van der Waals surface area (Å²) in [4.78, 5) is 12.7. The van der Waals surface area contributed by atoms with E-state index in [2.05, 4.69) is 20.8 Å². The topological polar surface area (TPSA) is 52.3 Å². The van der Waals surface area contributed by atoms with Gasteiger partial charge >= 0.3 is 5.97 Å². The molecule has 0 bridgehead atoms. The minimum absolute atomic E-state index is 0.0993. The Balaban J connectivity index is 2.98. The first-order chi connectivity index (χ1) is 7.83. The van der Waals surface area contributed by atoms with E-state index in [1.807, 2.05) is 6.07 Å². The molecule has 1 aromatic carbocycles. The minimum Gasteiger partial charge on any atom is -0.462 e. The molecular weight excluding hydrogens is 234 g/mol. The van der Waals surface area contributed by atoms with E-state index < -0.39 is 0 Å². The van der Waals surface area contributed by atoms with Crippen LogP contribution >= 0.6 is 11.8 Å². The average Bonchev–Trinajstić information content (AvgIpc) is 2.19. The van der Waals surface area contributed by atoms with Crippen LogP contribution in [0.4, 0.5) is 5.69 Å². The van der Waals surface area contributed by atoms with Crippen molar-refractivity contribution in [2.75, 3.05) is 12.3 Å². The highest BCUT2D eigenvalue weighted by atomic mass is 32.2. The van der Waals surface area contributed by atoms with Gasteiger partial charge in [0.1, 0.15) is 0 Å². The second-order valence-corrected chi connectivity index (χ2v) is 6.58. The Morgan fingerprint density at radius 2 is 2.06 bits per heavy atom. The fourth-order valence-corrected chi connectivity index (χ4v) is 2.36. The molecule has 1 aromatic rings. The fourth-order valence-electron chi connectivity index (χ4n) is 1.34. The van der Waals surface area contributed by atoms with E-state index in [-0.39, 0.29) is 10.7 Å². The summed E-state index contributed by atoms with van der Waals surface area (Å²) in [5.74, 6) is -0.360. The van der Waals surface area contributed by atoms with Crippen molar-refractivity contribution in [3.8, 4) is 0 Å². The molecule has 0 aromatic heterocycles. The fraction of sp³-hybridized carbons (Fsp3) is 0.462. The van der Waals surface area contributed by atoms with Crippen LogP contribution in [-0.2, 0) is 4.74 Å². The van der Waals surface area contributed by atoms with Gasteiger partial charge in [0, 0.05) is 15.3 Å². The van der Waals surface area contributed by atoms with Gasteiger partial charge in [-0.05, 0) is 25.1 Å². The quantitative estimate of drug-likeness (QED) is 0.510. The molecule has 3 nitrogen and oxygen atoms in total. The third-order valence-electron chi connectivity index (χ3n) is 1.94. The molecule has 0 saturated carbocycles. The van der Waals surface area contributed by atoms with Gasteiger partial charge in [-0.3, -0.25) is 0 Å². The molecule has 2 N–H and O–H groups in total. The zero-order chi connectivity index (χ0) is 13.1. The molecule has 0 aliphatic carbocycles. The first kappa shape index (κ1) is 13.9. The van der Waals surface area contributed by atoms with Crippen molar-refractivity contribution in [2.45, 2.75) is 37.3 Å². The second kappa shape index (κ2) is 5.45. The van der Waals surface area contributed by atoms with Crippen molar-refractivity contribution in [1.29, 1.82) is 0 Å². The molecule has 94 valence electrons. The number of esters is 1. The molecule has 0 spiro atoms. The van der Waals surface area contributed by atoms with Gasteiger partial charge in [-0.2, -0.15) is 0 Å². The summed E-state index contributed by atoms with van der Waals surface area (Å²) in [7, 11) is 0. The predicted molar refractivity (Wildman–Crippen MR) is 72.4 cm³/mol. The van der Waals surface area contributed by atoms with Crippen molar-refractivity contribution >= 4 is 23.4 Å². The summed E-state index contributed by atoms with van der Waals surface area (Å²) in [6, 6.07) is 5.47. The Morgan fingerprint density at radius 1 is 1.41 bits per heavy atom. The number of anilines is 1. The van der Waals surface area contributed by atoms with Gasteiger partial charge in [-0.1, -0.05) is 20.8 Å². The van der Waals surface area contributed by atoms with E-state index >= 15 is 0 Å². The van der Waals surface area contributed by atoms with Crippen LogP contribution in [0.3, 0.4) is 0 Å². The second-order valence-electron chi connectivity index (χ2n) is 4.68. The van der Waals surface area contributed by atoms with Gasteiger partial charge in [0.05, 0.1) is 12.2 Å². The molecule has 0 fully saturated rings. The lowest BCUT2D eigenvalue weighted by molar-refractivity contribution is 0.0527. The van der Waals surface area contributed by atoms with E-state index in [9.17, 15) is 4.79 Å². The van der Waals surface area contributed by atoms with E-state index in [0.29, 0.717) is 17.9 Å². The van der Waals surface area contributed by atoms with E-state index in [0.717, 1.165) is 4.90 Å². The van der Waals surface area contributed by atoms with Crippen LogP contribution in [0.2, 0.25) is 0 Å². The normalized spacial score (nSPS) is 11.3. The largest absolute Gasteiger partial charge is 0.462 e. The van der Waals surface area contributed by atoms with Gasteiger partial charge in [0.25, 0.3) is 0 Å². The molecule has 0 atom stereocenters. The number of carbonyl (C=O) groups excluding carboxylic acids is 1. The third-order valence-corrected chi connectivity index (χ3v) is 3.05. The number of nitrogen functional groups attached to an aromatic ring is 1. The van der Waals surface area contributed by atoms with Crippen LogP contribution in [-0.4, -0.2) is 17.3 Å². The number of thioether (sulfide) groups is 1. The number of nitrogens with two attached hydrogens (primary N) is 1. The van der Waals surface area contributed by atoms with Crippen molar-refractivity contribution in [1.82, 2.24) is 0 Å². The molecule has 0 aliphatic rings. The van der Waals surface area contributed by atoms with Crippen LogP contribution < -0.4 is 5.73 Å². The van der Waals surface area contributed by atoms with Crippen LogP contribution in [0.15, 0.2) is 23.1 Å². The first-order valence-electron chi connectivity index (χ1n) is 5.59. The van der Waals surface area contributed by atoms with Crippen molar-refractivity contribution < 1.29 is 9.53 Å². The zero-order valence-electron chi connectivity index (χ0n) is 10.7. The standard InChI is InChI=1S/C13H19NO2S/c1-5-16-12(15)10-8-9(6-7-11(10)14)17-13(2,3)4/h6-8H,5,14H2,1-4H3. The maximum atomic E-state index is 11.7. The molecule has 0 radical (unpaired) electrons. The molecular formula is C13H19NO2S. The molecule has 0 amide bonds. The molecule has 4 heteroatoms. The Hall–Kier alpha value is -1.16. The van der Waals surface area contributed by atoms with Gasteiger partial charge in [0.2, 0.25) is 0 Å². The first-order valence-corrected chi connectivity index (χ1v) is 6.41. The predicted octanol–water partition coefficient (Wildman–Crippen LogP) is 3.34. The van der Waals surface area contributed by atoms with Crippen molar-refractivity contribution in [3.05, 3.63) is 23.8 Å². The number of ether oxygens (including phenoxy) is 1. The van der Waals surface area contributed by atoms with Gasteiger partial charge in [-0.25, -0.2) is 4.79 Å². The lowest BCUT2D eigenvalue weighted by atomic mass is 10.2. The smallest absolute Gasteiger partial charge is 0.340 e. The van der Waals surface area contributed by atoms with Gasteiger partial charge in [-0.15, -0.1) is 11.8 Å². The highest BCUT2D eigenvalue weighted by Crippen LogP contribution is 2.33. The lowest BCUT2D eigenvalue weighted by Crippen LogP contribution is -2.10. The summed E-state index contributed by atoms with van der Waals surface area (Å²) in [6.07, 6.45) is 0. The Bertz CT molecular complexity index is 410. The van der Waals surface area contributed by atoms with Crippen molar-refractivity contribution in [2.24, 2.45) is 0 Å². The average molecular weight is 253 g/mol. The number of rotatable bonds is 3. The zero-order valence-corrected chi connectivity index (χ0v) is 11.6. The van der Waals surface area contributed by atoms with Crippen LogP contribution in [0.25, 0.3) is 0 Å². The third kappa shape index (κ3) is 4.30. The summed E-state index contributed by atoms with van der Waals surface area (Å²) in [5, 5.41) is 0. The van der Waals surface area contributed by atoms with E-state index in [4.69, 9.17) is 10.5 Å². The number of hydrogen-bond donors (Lipinski definition) is 1. The van der Waals surface area contributed by atoms with Crippen molar-refractivity contribution in [3.63, 3.8) is 0 Å². The monoisotopic (exact) mass is 253 g/mol. The summed E-state index contributed by atoms with van der Waals surface area (Å²) in [6.45, 7) is 8.50. The maximum absolute atomic E-state index is 11.7. The number of carbonyl (C=O) groups is 1. The number of benzene rings is 1. The molecule has 17 heavy (non-hydrogen) atoms. The van der Waals surface area contributed by atoms with Gasteiger partial charge < -0.3 is 10.5 Å². The molecule has 0 saturated heterocycles. The Kier molecular flexibility index (Phi) is 4.46. The van der Waals surface area contributed by atoms with Gasteiger partial charge in [0.15, 0.2) is 0 Å². The van der Waals surface area contributed by atoms with E-state index in [1.54, 1.807) is 30.8 Å².